The number of hydrogen-bond donors (Lipinski definition) is 0. The maximum Gasteiger partial charge on any atom is 0.264 e. The Bertz CT molecular complexity index is 948. The molecule has 0 radical (unpaired) electrons. The summed E-state index contributed by atoms with van der Waals surface area (Å²) in [7, 11) is 2.07. The number of anilines is 1. The van der Waals surface area contributed by atoms with Crippen LogP contribution in [0.15, 0.2) is 36.4 Å². The van der Waals surface area contributed by atoms with Crippen molar-refractivity contribution in [2.45, 2.75) is 44.4 Å². The lowest BCUT2D eigenvalue weighted by molar-refractivity contribution is 0.0971. The fourth-order valence-corrected chi connectivity index (χ4v) is 4.92. The van der Waals surface area contributed by atoms with Gasteiger partial charge in [0, 0.05) is 22.7 Å². The van der Waals surface area contributed by atoms with Crippen LogP contribution in [0, 0.1) is 17.6 Å². The van der Waals surface area contributed by atoms with Crippen molar-refractivity contribution in [3.63, 3.8) is 0 Å². The highest BCUT2D eigenvalue weighted by Gasteiger charge is 2.46. The predicted molar refractivity (Wildman–Crippen MR) is 121 cm³/mol. The van der Waals surface area contributed by atoms with Crippen LogP contribution in [0.4, 0.5) is 14.5 Å². The van der Waals surface area contributed by atoms with Crippen molar-refractivity contribution in [3.05, 3.63) is 64.2 Å². The highest BCUT2D eigenvalue weighted by atomic mass is 35.5. The first-order valence-electron chi connectivity index (χ1n) is 11.1. The normalized spacial score (nSPS) is 20.1. The van der Waals surface area contributed by atoms with Gasteiger partial charge in [-0.25, -0.2) is 8.78 Å². The summed E-state index contributed by atoms with van der Waals surface area (Å²) in [6.07, 6.45) is 6.21. The lowest BCUT2D eigenvalue weighted by atomic mass is 9.74. The minimum Gasteiger partial charge on any atom is -0.307 e. The van der Waals surface area contributed by atoms with E-state index in [-0.39, 0.29) is 5.41 Å². The van der Waals surface area contributed by atoms with Crippen LogP contribution in [0.1, 0.15) is 54.9 Å². The number of hydrogen-bond acceptors (Lipinski definition) is 2. The van der Waals surface area contributed by atoms with Gasteiger partial charge in [-0.1, -0.05) is 43.9 Å². The van der Waals surface area contributed by atoms with Crippen LogP contribution in [0.5, 0.6) is 0 Å². The van der Waals surface area contributed by atoms with Gasteiger partial charge in [-0.15, -0.1) is 0 Å². The van der Waals surface area contributed by atoms with Crippen molar-refractivity contribution >= 4 is 23.2 Å². The number of benzene rings is 2. The Balaban J connectivity index is 0.000000407. The second kappa shape index (κ2) is 8.87. The number of rotatable bonds is 1. The molecule has 0 unspecified atom stereocenters. The van der Waals surface area contributed by atoms with Gasteiger partial charge in [0.1, 0.15) is 17.2 Å². The minimum atomic E-state index is -0.838. The zero-order chi connectivity index (χ0) is 22.2. The fourth-order valence-electron chi connectivity index (χ4n) is 4.75. The van der Waals surface area contributed by atoms with E-state index in [9.17, 15) is 13.6 Å². The molecule has 1 saturated heterocycles. The first-order valence-corrected chi connectivity index (χ1v) is 11.4. The van der Waals surface area contributed by atoms with Gasteiger partial charge >= 0.3 is 0 Å². The molecule has 0 N–H and O–H groups in total. The second-order valence-corrected chi connectivity index (χ2v) is 9.71. The molecule has 0 atom stereocenters. The molecule has 31 heavy (non-hydrogen) atoms. The minimum absolute atomic E-state index is 0.218. The van der Waals surface area contributed by atoms with Gasteiger partial charge in [0.25, 0.3) is 5.91 Å². The number of piperidine rings is 1. The molecule has 2 fully saturated rings. The topological polar surface area (TPSA) is 23.6 Å². The maximum atomic E-state index is 14.2. The summed E-state index contributed by atoms with van der Waals surface area (Å²) in [5, 5.41) is 0.605. The van der Waals surface area contributed by atoms with Crippen LogP contribution >= 0.6 is 11.6 Å². The number of amides is 1. The molecule has 2 aromatic carbocycles. The molecule has 5 rings (SSSR count). The highest BCUT2D eigenvalue weighted by molar-refractivity contribution is 6.30. The summed E-state index contributed by atoms with van der Waals surface area (Å²) in [6, 6.07) is 8.87. The van der Waals surface area contributed by atoms with E-state index in [2.05, 4.69) is 18.9 Å². The third-order valence-electron chi connectivity index (χ3n) is 7.04. The number of carbonyl (C=O) groups excluding carboxylic acids is 1. The molecule has 1 spiro atoms. The lowest BCUT2D eigenvalue weighted by Crippen LogP contribution is -2.45. The van der Waals surface area contributed by atoms with Gasteiger partial charge in [-0.3, -0.25) is 4.79 Å². The van der Waals surface area contributed by atoms with Gasteiger partial charge in [0.05, 0.1) is 0 Å². The molecule has 2 aliphatic heterocycles. The monoisotopic (exact) mass is 446 g/mol. The van der Waals surface area contributed by atoms with Crippen molar-refractivity contribution in [2.75, 3.05) is 31.6 Å². The van der Waals surface area contributed by atoms with Gasteiger partial charge in [0.2, 0.25) is 0 Å². The van der Waals surface area contributed by atoms with E-state index in [4.69, 9.17) is 11.6 Å². The third kappa shape index (κ3) is 4.35. The number of nitrogens with zero attached hydrogens (tertiary/aromatic N) is 2. The van der Waals surface area contributed by atoms with Crippen LogP contribution in [-0.2, 0) is 5.41 Å². The Kier molecular flexibility index (Phi) is 6.36. The molecule has 0 bridgehead atoms. The van der Waals surface area contributed by atoms with E-state index in [0.717, 1.165) is 49.5 Å². The van der Waals surface area contributed by atoms with Crippen LogP contribution in [0.25, 0.3) is 0 Å². The largest absolute Gasteiger partial charge is 0.307 e. The van der Waals surface area contributed by atoms with E-state index < -0.39 is 23.1 Å². The standard InChI is InChI=1S/C20H19ClF2N2O.C5H10/c1-24-9-7-20(8-10-24)12-25(17-6-5-13(21)11-14(17)20)19(26)18-15(22)3-2-4-16(18)23;1-5-3-2-4-5/h2-6,11H,7-10,12H2,1H3;5H,2-4H2,1H3. The molecule has 3 nitrogen and oxygen atoms in total. The first kappa shape index (κ1) is 22.2. The quantitative estimate of drug-likeness (QED) is 0.532. The Hall–Kier alpha value is -1.98. The summed E-state index contributed by atoms with van der Waals surface area (Å²) >= 11 is 6.22. The highest BCUT2D eigenvalue weighted by Crippen LogP contribution is 2.48. The zero-order valence-electron chi connectivity index (χ0n) is 18.1. The molecule has 6 heteroatoms. The summed E-state index contributed by atoms with van der Waals surface area (Å²) in [5.74, 6) is -1.25. The summed E-state index contributed by atoms with van der Waals surface area (Å²) < 4.78 is 28.3. The van der Waals surface area contributed by atoms with Crippen molar-refractivity contribution in [1.29, 1.82) is 0 Å². The molecule has 1 aliphatic carbocycles. The molecular weight excluding hydrogens is 418 g/mol. The molecule has 2 aromatic rings. The van der Waals surface area contributed by atoms with Gasteiger partial charge < -0.3 is 9.80 Å². The van der Waals surface area contributed by atoms with Gasteiger partial charge in [-0.2, -0.15) is 0 Å². The molecule has 0 aromatic heterocycles. The molecule has 1 saturated carbocycles. The number of carbonyl (C=O) groups is 1. The summed E-state index contributed by atoms with van der Waals surface area (Å²) in [5.41, 5.74) is 0.984. The maximum absolute atomic E-state index is 14.2. The molecular formula is C25H29ClF2N2O. The summed E-state index contributed by atoms with van der Waals surface area (Å²) in [4.78, 5) is 16.8. The molecule has 3 aliphatic rings. The summed E-state index contributed by atoms with van der Waals surface area (Å²) in [6.45, 7) is 4.54. The Morgan fingerprint density at radius 2 is 1.71 bits per heavy atom. The molecule has 2 heterocycles. The molecule has 166 valence electrons. The van der Waals surface area contributed by atoms with Gasteiger partial charge in [0.15, 0.2) is 0 Å². The Labute approximate surface area is 188 Å². The van der Waals surface area contributed by atoms with Gasteiger partial charge in [-0.05, 0) is 74.8 Å². The van der Waals surface area contributed by atoms with Crippen LogP contribution in [-0.4, -0.2) is 37.5 Å². The number of fused-ring (bicyclic) bond motifs is 2. The van der Waals surface area contributed by atoms with E-state index in [1.54, 1.807) is 12.1 Å². The van der Waals surface area contributed by atoms with Crippen molar-refractivity contribution < 1.29 is 13.6 Å². The number of likely N-dealkylation sites (tertiary alicyclic amines) is 1. The molecule has 1 amide bonds. The smallest absolute Gasteiger partial charge is 0.264 e. The third-order valence-corrected chi connectivity index (χ3v) is 7.28. The van der Waals surface area contributed by atoms with Crippen molar-refractivity contribution in [1.82, 2.24) is 4.90 Å². The van der Waals surface area contributed by atoms with E-state index in [1.807, 2.05) is 6.07 Å². The fraction of sp³-hybridized carbons (Fsp3) is 0.480. The second-order valence-electron chi connectivity index (χ2n) is 9.27. The SMILES string of the molecule is CC1CCC1.CN1CCC2(CC1)CN(C(=O)c1c(F)cccc1F)c1ccc(Cl)cc12. The van der Waals surface area contributed by atoms with Crippen LogP contribution < -0.4 is 4.90 Å². The number of halogens is 3. The Morgan fingerprint density at radius 1 is 1.10 bits per heavy atom. The van der Waals surface area contributed by atoms with Crippen LogP contribution in [0.2, 0.25) is 5.02 Å². The average molecular weight is 447 g/mol. The van der Waals surface area contributed by atoms with Crippen LogP contribution in [0.3, 0.4) is 0 Å². The van der Waals surface area contributed by atoms with Crippen molar-refractivity contribution in [3.8, 4) is 0 Å². The van der Waals surface area contributed by atoms with E-state index in [0.29, 0.717) is 17.3 Å². The van der Waals surface area contributed by atoms with E-state index >= 15 is 0 Å². The Morgan fingerprint density at radius 3 is 2.26 bits per heavy atom. The predicted octanol–water partition coefficient (Wildman–Crippen LogP) is 6.05. The van der Waals surface area contributed by atoms with Crippen molar-refractivity contribution in [2.24, 2.45) is 5.92 Å². The first-order chi connectivity index (χ1) is 14.8. The zero-order valence-corrected chi connectivity index (χ0v) is 18.9. The average Bonchev–Trinajstić information content (AvgIpc) is 3.02. The lowest BCUT2D eigenvalue weighted by Gasteiger charge is -2.38. The van der Waals surface area contributed by atoms with E-state index in [1.165, 1.54) is 30.2 Å².